The van der Waals surface area contributed by atoms with Gasteiger partial charge in [0.05, 0.1) is 6.26 Å². The fourth-order valence-corrected chi connectivity index (χ4v) is 0.865. The summed E-state index contributed by atoms with van der Waals surface area (Å²) in [5, 5.41) is 0. The molecule has 0 spiro atoms. The fraction of sp³-hybridized carbons (Fsp3) is 0.250. The van der Waals surface area contributed by atoms with E-state index in [4.69, 9.17) is 4.42 Å². The summed E-state index contributed by atoms with van der Waals surface area (Å²) in [6.07, 6.45) is 2.28. The summed E-state index contributed by atoms with van der Waals surface area (Å²) >= 11 is 0. The first-order valence-corrected chi connectivity index (χ1v) is 3.25. The van der Waals surface area contributed by atoms with Gasteiger partial charge in [-0.15, -0.1) is 0 Å². The van der Waals surface area contributed by atoms with Crippen LogP contribution in [0.3, 0.4) is 0 Å². The molecule has 11 heavy (non-hydrogen) atoms. The Morgan fingerprint density at radius 1 is 1.73 bits per heavy atom. The van der Waals surface area contributed by atoms with Crippen LogP contribution in [0.5, 0.6) is 0 Å². The molecule has 1 heterocycles. The van der Waals surface area contributed by atoms with Crippen molar-refractivity contribution in [1.82, 2.24) is 0 Å². The molecule has 0 fully saturated rings. The summed E-state index contributed by atoms with van der Waals surface area (Å²) in [4.78, 5) is 20.9. The molecule has 3 heteroatoms. The minimum Gasteiger partial charge on any atom is -0.461 e. The summed E-state index contributed by atoms with van der Waals surface area (Å²) in [6, 6.07) is 1.63. The van der Waals surface area contributed by atoms with Crippen LogP contribution in [0.1, 0.15) is 23.0 Å². The molecule has 0 bridgehead atoms. The Balaban J connectivity index is 2.84. The van der Waals surface area contributed by atoms with E-state index in [9.17, 15) is 9.59 Å². The van der Waals surface area contributed by atoms with Crippen LogP contribution in [0.4, 0.5) is 0 Å². The van der Waals surface area contributed by atoms with Crippen LogP contribution in [0.15, 0.2) is 16.7 Å². The Labute approximate surface area is 64.0 Å². The monoisotopic (exact) mass is 152 g/mol. The van der Waals surface area contributed by atoms with Crippen LogP contribution in [0, 0.1) is 0 Å². The maximum absolute atomic E-state index is 10.6. The van der Waals surface area contributed by atoms with Gasteiger partial charge >= 0.3 is 0 Å². The maximum Gasteiger partial charge on any atom is 0.185 e. The summed E-state index contributed by atoms with van der Waals surface area (Å²) in [6.45, 7) is 1.47. The van der Waals surface area contributed by atoms with Crippen LogP contribution in [0.25, 0.3) is 0 Å². The zero-order valence-corrected chi connectivity index (χ0v) is 6.16. The Kier molecular flexibility index (Phi) is 2.21. The van der Waals surface area contributed by atoms with Crippen molar-refractivity contribution in [3.05, 3.63) is 23.7 Å². The normalized spacial score (nSPS) is 9.55. The van der Waals surface area contributed by atoms with Crippen LogP contribution in [0.2, 0.25) is 0 Å². The van der Waals surface area contributed by atoms with Crippen molar-refractivity contribution in [3.63, 3.8) is 0 Å². The Morgan fingerprint density at radius 3 is 3.00 bits per heavy atom. The molecule has 0 saturated carbocycles. The predicted molar refractivity (Wildman–Crippen MR) is 38.5 cm³/mol. The van der Waals surface area contributed by atoms with Crippen molar-refractivity contribution < 1.29 is 14.0 Å². The Morgan fingerprint density at radius 2 is 2.45 bits per heavy atom. The lowest BCUT2D eigenvalue weighted by Gasteiger charge is -1.90. The number of hydrogen-bond donors (Lipinski definition) is 0. The van der Waals surface area contributed by atoms with Crippen LogP contribution in [-0.2, 0) is 11.2 Å². The Bertz CT molecular complexity index is 273. The second-order valence-electron chi connectivity index (χ2n) is 2.31. The zero-order valence-electron chi connectivity index (χ0n) is 6.16. The van der Waals surface area contributed by atoms with E-state index in [-0.39, 0.29) is 18.0 Å². The molecule has 3 nitrogen and oxygen atoms in total. The van der Waals surface area contributed by atoms with Gasteiger partial charge in [0.1, 0.15) is 5.78 Å². The topological polar surface area (TPSA) is 47.3 Å². The molecule has 1 aromatic rings. The highest BCUT2D eigenvalue weighted by Crippen LogP contribution is 2.08. The Hall–Kier alpha value is -1.38. The number of carbonyl (C=O) groups excluding carboxylic acids is 2. The van der Waals surface area contributed by atoms with E-state index >= 15 is 0 Å². The molecular weight excluding hydrogens is 144 g/mol. The van der Waals surface area contributed by atoms with E-state index in [1.54, 1.807) is 6.07 Å². The van der Waals surface area contributed by atoms with Crippen molar-refractivity contribution in [2.75, 3.05) is 0 Å². The van der Waals surface area contributed by atoms with Gasteiger partial charge in [0.2, 0.25) is 0 Å². The molecule has 0 aliphatic heterocycles. The number of ketones is 1. The molecule has 0 aliphatic carbocycles. The first-order chi connectivity index (χ1) is 5.24. The van der Waals surface area contributed by atoms with Crippen molar-refractivity contribution in [3.8, 4) is 0 Å². The molecule has 0 saturated heterocycles. The number of rotatable bonds is 3. The van der Waals surface area contributed by atoms with Crippen molar-refractivity contribution in [1.29, 1.82) is 0 Å². The van der Waals surface area contributed by atoms with E-state index in [0.717, 1.165) is 0 Å². The first-order valence-electron chi connectivity index (χ1n) is 3.25. The first kappa shape index (κ1) is 7.72. The number of Topliss-reactive ketones (excluding diaryl/α,β-unsaturated/α-hetero) is 1. The molecule has 0 atom stereocenters. The van der Waals surface area contributed by atoms with E-state index in [2.05, 4.69) is 0 Å². The third-order valence-corrected chi connectivity index (χ3v) is 1.33. The molecule has 1 aromatic heterocycles. The van der Waals surface area contributed by atoms with Gasteiger partial charge in [-0.1, -0.05) is 0 Å². The summed E-state index contributed by atoms with van der Waals surface area (Å²) in [5.74, 6) is 0.273. The fourth-order valence-electron chi connectivity index (χ4n) is 0.865. The van der Waals surface area contributed by atoms with Crippen LogP contribution in [-0.4, -0.2) is 12.1 Å². The molecule has 0 aliphatic rings. The van der Waals surface area contributed by atoms with Gasteiger partial charge in [-0.2, -0.15) is 0 Å². The summed E-state index contributed by atoms with van der Waals surface area (Å²) in [7, 11) is 0. The van der Waals surface area contributed by atoms with Gasteiger partial charge in [-0.05, 0) is 13.0 Å². The largest absolute Gasteiger partial charge is 0.461 e. The lowest BCUT2D eigenvalue weighted by atomic mass is 10.1. The SMILES string of the molecule is CC(=O)Cc1ccoc1C=O. The zero-order chi connectivity index (χ0) is 8.27. The minimum absolute atomic E-state index is 0.0227. The van der Waals surface area contributed by atoms with Gasteiger partial charge in [-0.3, -0.25) is 9.59 Å². The van der Waals surface area contributed by atoms with E-state index in [1.807, 2.05) is 0 Å². The van der Waals surface area contributed by atoms with E-state index in [1.165, 1.54) is 13.2 Å². The smallest absolute Gasteiger partial charge is 0.185 e. The van der Waals surface area contributed by atoms with Gasteiger partial charge < -0.3 is 4.42 Å². The molecule has 0 amide bonds. The molecule has 1 rings (SSSR count). The molecule has 0 aromatic carbocycles. The number of hydrogen-bond acceptors (Lipinski definition) is 3. The lowest BCUT2D eigenvalue weighted by Crippen LogP contribution is -1.97. The molecule has 0 N–H and O–H groups in total. The van der Waals surface area contributed by atoms with Crippen molar-refractivity contribution >= 4 is 12.1 Å². The summed E-state index contributed by atoms with van der Waals surface area (Å²) < 4.78 is 4.79. The second kappa shape index (κ2) is 3.14. The highest BCUT2D eigenvalue weighted by Gasteiger charge is 2.06. The molecule has 0 radical (unpaired) electrons. The lowest BCUT2D eigenvalue weighted by molar-refractivity contribution is -0.116. The van der Waals surface area contributed by atoms with Crippen molar-refractivity contribution in [2.24, 2.45) is 0 Å². The summed E-state index contributed by atoms with van der Waals surface area (Å²) in [5.41, 5.74) is 0.660. The third kappa shape index (κ3) is 1.77. The van der Waals surface area contributed by atoms with Crippen LogP contribution >= 0.6 is 0 Å². The highest BCUT2D eigenvalue weighted by molar-refractivity contribution is 5.82. The van der Waals surface area contributed by atoms with E-state index < -0.39 is 0 Å². The quantitative estimate of drug-likeness (QED) is 0.612. The minimum atomic E-state index is 0.0227. The van der Waals surface area contributed by atoms with Crippen LogP contribution < -0.4 is 0 Å². The average molecular weight is 152 g/mol. The standard InChI is InChI=1S/C8H8O3/c1-6(10)4-7-2-3-11-8(7)5-9/h2-3,5H,4H2,1H3. The number of carbonyl (C=O) groups is 2. The average Bonchev–Trinajstić information content (AvgIpc) is 2.34. The highest BCUT2D eigenvalue weighted by atomic mass is 16.3. The van der Waals surface area contributed by atoms with Gasteiger partial charge in [0.15, 0.2) is 12.0 Å². The maximum atomic E-state index is 10.6. The van der Waals surface area contributed by atoms with Crippen molar-refractivity contribution in [2.45, 2.75) is 13.3 Å². The molecule has 0 unspecified atom stereocenters. The molecular formula is C8H8O3. The number of furan rings is 1. The van der Waals surface area contributed by atoms with Gasteiger partial charge in [0.25, 0.3) is 0 Å². The van der Waals surface area contributed by atoms with E-state index in [0.29, 0.717) is 11.8 Å². The predicted octanol–water partition coefficient (Wildman–Crippen LogP) is 1.22. The number of aldehydes is 1. The van der Waals surface area contributed by atoms with Gasteiger partial charge in [0, 0.05) is 12.0 Å². The van der Waals surface area contributed by atoms with Gasteiger partial charge in [-0.25, -0.2) is 0 Å². The third-order valence-electron chi connectivity index (χ3n) is 1.33. The second-order valence-corrected chi connectivity index (χ2v) is 2.31. The molecule has 58 valence electrons.